The maximum absolute atomic E-state index is 11.1. The van der Waals surface area contributed by atoms with Crippen LogP contribution in [0.25, 0.3) is 0 Å². The number of esters is 1. The Bertz CT molecular complexity index is 149. The van der Waals surface area contributed by atoms with Gasteiger partial charge in [-0.15, -0.1) is 0 Å². The Morgan fingerprint density at radius 3 is 3.00 bits per heavy atom. The Morgan fingerprint density at radius 2 is 2.55 bits per heavy atom. The summed E-state index contributed by atoms with van der Waals surface area (Å²) in [5.74, 6) is 5.36. The Hall–Kier alpha value is -0.610. The molecule has 0 amide bonds. The van der Waals surface area contributed by atoms with Gasteiger partial charge in [-0.2, -0.15) is 0 Å². The van der Waals surface area contributed by atoms with Gasteiger partial charge in [-0.3, -0.25) is 10.6 Å². The summed E-state index contributed by atoms with van der Waals surface area (Å²) >= 11 is 0. The number of carbonyl (C=O) groups is 1. The van der Waals surface area contributed by atoms with E-state index in [9.17, 15) is 4.79 Å². The molecular weight excluding hydrogens is 144 g/mol. The van der Waals surface area contributed by atoms with Crippen LogP contribution in [0.5, 0.6) is 0 Å². The Balaban J connectivity index is 2.39. The van der Waals surface area contributed by atoms with Gasteiger partial charge in [-0.25, -0.2) is 5.01 Å². The maximum Gasteiger partial charge on any atom is 0.324 e. The van der Waals surface area contributed by atoms with Crippen molar-refractivity contribution >= 4 is 5.97 Å². The first-order valence-corrected chi connectivity index (χ1v) is 3.93. The van der Waals surface area contributed by atoms with Crippen LogP contribution in [0.1, 0.15) is 19.8 Å². The summed E-state index contributed by atoms with van der Waals surface area (Å²) in [4.78, 5) is 11.1. The van der Waals surface area contributed by atoms with Crippen molar-refractivity contribution < 1.29 is 9.53 Å². The molecule has 1 saturated heterocycles. The second-order valence-corrected chi connectivity index (χ2v) is 2.65. The highest BCUT2D eigenvalue weighted by atomic mass is 16.5. The lowest BCUT2D eigenvalue weighted by Gasteiger charge is -2.16. The highest BCUT2D eigenvalue weighted by Gasteiger charge is 2.29. The topological polar surface area (TPSA) is 55.6 Å². The van der Waals surface area contributed by atoms with Crippen molar-refractivity contribution in [2.75, 3.05) is 13.2 Å². The van der Waals surface area contributed by atoms with Gasteiger partial charge in [0.15, 0.2) is 0 Å². The first-order valence-electron chi connectivity index (χ1n) is 3.93. The van der Waals surface area contributed by atoms with Crippen molar-refractivity contribution in [2.24, 2.45) is 5.84 Å². The van der Waals surface area contributed by atoms with Crippen molar-refractivity contribution in [2.45, 2.75) is 25.8 Å². The summed E-state index contributed by atoms with van der Waals surface area (Å²) in [7, 11) is 0. The fourth-order valence-electron chi connectivity index (χ4n) is 1.28. The van der Waals surface area contributed by atoms with E-state index in [4.69, 9.17) is 10.6 Å². The molecule has 0 aliphatic carbocycles. The molecule has 0 aromatic rings. The predicted molar refractivity (Wildman–Crippen MR) is 40.5 cm³/mol. The maximum atomic E-state index is 11.1. The van der Waals surface area contributed by atoms with E-state index in [0.29, 0.717) is 6.61 Å². The number of nitrogens with two attached hydrogens (primary N) is 1. The molecule has 0 aromatic carbocycles. The molecule has 0 aromatic heterocycles. The zero-order chi connectivity index (χ0) is 8.27. The molecule has 2 N–H and O–H groups in total. The third-order valence-electron chi connectivity index (χ3n) is 1.85. The normalized spacial score (nSPS) is 25.5. The lowest BCUT2D eigenvalue weighted by molar-refractivity contribution is -0.148. The minimum absolute atomic E-state index is 0.187. The van der Waals surface area contributed by atoms with Crippen LogP contribution in [0.2, 0.25) is 0 Å². The molecule has 1 aliphatic rings. The molecule has 11 heavy (non-hydrogen) atoms. The van der Waals surface area contributed by atoms with Crippen molar-refractivity contribution in [3.63, 3.8) is 0 Å². The average Bonchev–Trinajstić information content (AvgIpc) is 2.36. The van der Waals surface area contributed by atoms with Gasteiger partial charge < -0.3 is 4.74 Å². The molecule has 64 valence electrons. The fraction of sp³-hybridized carbons (Fsp3) is 0.857. The zero-order valence-corrected chi connectivity index (χ0v) is 6.75. The molecule has 4 nitrogen and oxygen atoms in total. The number of hydrazine groups is 1. The Morgan fingerprint density at radius 1 is 1.82 bits per heavy atom. The molecular formula is C7H14N2O2. The van der Waals surface area contributed by atoms with Crippen LogP contribution in [-0.4, -0.2) is 30.2 Å². The predicted octanol–water partition coefficient (Wildman–Crippen LogP) is -0.112. The van der Waals surface area contributed by atoms with Gasteiger partial charge in [0.2, 0.25) is 0 Å². The van der Waals surface area contributed by atoms with E-state index in [1.807, 2.05) is 0 Å². The molecule has 4 heteroatoms. The number of ether oxygens (including phenoxy) is 1. The monoisotopic (exact) mass is 158 g/mol. The van der Waals surface area contributed by atoms with Crippen LogP contribution in [0.4, 0.5) is 0 Å². The summed E-state index contributed by atoms with van der Waals surface area (Å²) in [5.41, 5.74) is 0. The van der Waals surface area contributed by atoms with Crippen LogP contribution >= 0.6 is 0 Å². The SMILES string of the molecule is CCOC(=O)[C@@H]1CCCN1N. The van der Waals surface area contributed by atoms with Gasteiger partial charge in [0, 0.05) is 6.54 Å². The number of carbonyl (C=O) groups excluding carboxylic acids is 1. The van der Waals surface area contributed by atoms with E-state index < -0.39 is 0 Å². The van der Waals surface area contributed by atoms with Crippen LogP contribution in [0.15, 0.2) is 0 Å². The van der Waals surface area contributed by atoms with Crippen molar-refractivity contribution in [1.82, 2.24) is 5.01 Å². The van der Waals surface area contributed by atoms with Crippen LogP contribution in [-0.2, 0) is 9.53 Å². The molecule has 1 rings (SSSR count). The molecule has 0 bridgehead atoms. The number of hydrogen-bond acceptors (Lipinski definition) is 4. The zero-order valence-electron chi connectivity index (χ0n) is 6.75. The van der Waals surface area contributed by atoms with Gasteiger partial charge in [-0.05, 0) is 19.8 Å². The van der Waals surface area contributed by atoms with Crippen LogP contribution in [0.3, 0.4) is 0 Å². The van der Waals surface area contributed by atoms with Gasteiger partial charge in [0.1, 0.15) is 6.04 Å². The van der Waals surface area contributed by atoms with E-state index in [1.54, 1.807) is 11.9 Å². The molecule has 0 saturated carbocycles. The molecule has 1 fully saturated rings. The minimum atomic E-state index is -0.199. The molecule has 1 atom stereocenters. The first kappa shape index (κ1) is 8.49. The van der Waals surface area contributed by atoms with E-state index in [0.717, 1.165) is 19.4 Å². The summed E-state index contributed by atoms with van der Waals surface area (Å²) in [6, 6.07) is -0.199. The third-order valence-corrected chi connectivity index (χ3v) is 1.85. The smallest absolute Gasteiger partial charge is 0.324 e. The van der Waals surface area contributed by atoms with Gasteiger partial charge in [-0.1, -0.05) is 0 Å². The van der Waals surface area contributed by atoms with Crippen LogP contribution < -0.4 is 5.84 Å². The Kier molecular flexibility index (Phi) is 2.84. The fourth-order valence-corrected chi connectivity index (χ4v) is 1.28. The van der Waals surface area contributed by atoms with E-state index >= 15 is 0 Å². The largest absolute Gasteiger partial charge is 0.465 e. The molecule has 1 heterocycles. The number of hydrogen-bond donors (Lipinski definition) is 1. The number of nitrogens with zero attached hydrogens (tertiary/aromatic N) is 1. The number of rotatable bonds is 2. The summed E-state index contributed by atoms with van der Waals surface area (Å²) in [6.45, 7) is 3.03. The first-order chi connectivity index (χ1) is 5.25. The minimum Gasteiger partial charge on any atom is -0.465 e. The molecule has 0 radical (unpaired) electrons. The summed E-state index contributed by atoms with van der Waals surface area (Å²) < 4.78 is 4.84. The van der Waals surface area contributed by atoms with Gasteiger partial charge in [0.25, 0.3) is 0 Å². The molecule has 0 unspecified atom stereocenters. The highest BCUT2D eigenvalue weighted by molar-refractivity contribution is 5.75. The lowest BCUT2D eigenvalue weighted by atomic mass is 10.2. The second kappa shape index (κ2) is 3.69. The van der Waals surface area contributed by atoms with Gasteiger partial charge >= 0.3 is 5.97 Å². The van der Waals surface area contributed by atoms with E-state index in [-0.39, 0.29) is 12.0 Å². The van der Waals surface area contributed by atoms with Crippen molar-refractivity contribution in [3.05, 3.63) is 0 Å². The van der Waals surface area contributed by atoms with E-state index in [2.05, 4.69) is 0 Å². The third kappa shape index (κ3) is 1.91. The standard InChI is InChI=1S/C7H14N2O2/c1-2-11-7(10)6-4-3-5-9(6)8/h6H,2-5,8H2,1H3/t6-/m0/s1. The average molecular weight is 158 g/mol. The molecule has 1 aliphatic heterocycles. The van der Waals surface area contributed by atoms with Gasteiger partial charge in [0.05, 0.1) is 6.61 Å². The Labute approximate surface area is 66.3 Å². The van der Waals surface area contributed by atoms with E-state index in [1.165, 1.54) is 0 Å². The van der Waals surface area contributed by atoms with Crippen molar-refractivity contribution in [1.29, 1.82) is 0 Å². The highest BCUT2D eigenvalue weighted by Crippen LogP contribution is 2.13. The summed E-state index contributed by atoms with van der Waals surface area (Å²) in [6.07, 6.45) is 1.81. The van der Waals surface area contributed by atoms with Crippen LogP contribution in [0, 0.1) is 0 Å². The lowest BCUT2D eigenvalue weighted by Crippen LogP contribution is -2.41. The summed E-state index contributed by atoms with van der Waals surface area (Å²) in [5, 5.41) is 1.55. The molecule has 0 spiro atoms. The second-order valence-electron chi connectivity index (χ2n) is 2.65. The van der Waals surface area contributed by atoms with Crippen molar-refractivity contribution in [3.8, 4) is 0 Å². The quantitative estimate of drug-likeness (QED) is 0.450.